The third-order valence-electron chi connectivity index (χ3n) is 1.74. The summed E-state index contributed by atoms with van der Waals surface area (Å²) in [6.45, 7) is 13.0. The smallest absolute Gasteiger partial charge is 0.333 e. The lowest BCUT2D eigenvalue weighted by molar-refractivity contribution is -0.165. The molecule has 0 aromatic rings. The average molecular weight is 258 g/mol. The molecule has 0 aliphatic heterocycles. The quantitative estimate of drug-likeness (QED) is 0.197. The summed E-state index contributed by atoms with van der Waals surface area (Å²) >= 11 is 0. The minimum atomic E-state index is -0.501. The molecule has 0 radical (unpaired) electrons. The molecule has 0 saturated heterocycles. The van der Waals surface area contributed by atoms with Crippen LogP contribution >= 0.6 is 0 Å². The molecule has 0 saturated carbocycles. The number of ether oxygens (including phenoxy) is 4. The van der Waals surface area contributed by atoms with E-state index >= 15 is 0 Å². The van der Waals surface area contributed by atoms with Crippen molar-refractivity contribution >= 4 is 5.97 Å². The molecule has 0 aliphatic rings. The molecule has 5 heteroatoms. The zero-order chi connectivity index (χ0) is 14.0. The van der Waals surface area contributed by atoms with E-state index in [0.717, 1.165) is 0 Å². The third kappa shape index (κ3) is 8.78. The summed E-state index contributed by atoms with van der Waals surface area (Å²) in [6, 6.07) is 0. The monoisotopic (exact) mass is 258 g/mol. The highest BCUT2D eigenvalue weighted by Crippen LogP contribution is 2.01. The highest BCUT2D eigenvalue weighted by molar-refractivity contribution is 5.86. The second-order valence-corrected chi connectivity index (χ2v) is 3.91. The molecule has 0 rings (SSSR count). The first-order valence-electron chi connectivity index (χ1n) is 5.79. The van der Waals surface area contributed by atoms with Crippen molar-refractivity contribution in [3.8, 4) is 0 Å². The van der Waals surface area contributed by atoms with E-state index in [4.69, 9.17) is 18.9 Å². The molecule has 0 spiro atoms. The van der Waals surface area contributed by atoms with Crippen molar-refractivity contribution in [1.82, 2.24) is 0 Å². The zero-order valence-corrected chi connectivity index (χ0v) is 11.3. The maximum Gasteiger partial charge on any atom is 0.333 e. The molecule has 0 aliphatic carbocycles. The van der Waals surface area contributed by atoms with Gasteiger partial charge in [0.1, 0.15) is 13.2 Å². The van der Waals surface area contributed by atoms with Crippen LogP contribution in [-0.4, -0.2) is 38.2 Å². The van der Waals surface area contributed by atoms with E-state index in [1.807, 2.05) is 13.8 Å². The van der Waals surface area contributed by atoms with E-state index in [1.54, 1.807) is 6.92 Å². The number of rotatable bonds is 10. The molecule has 0 N–H and O–H groups in total. The molecular formula is C13H22O5. The van der Waals surface area contributed by atoms with Crippen LogP contribution in [0.3, 0.4) is 0 Å². The summed E-state index contributed by atoms with van der Waals surface area (Å²) in [7, 11) is 0. The van der Waals surface area contributed by atoms with Crippen molar-refractivity contribution in [3.63, 3.8) is 0 Å². The third-order valence-corrected chi connectivity index (χ3v) is 1.74. The van der Waals surface area contributed by atoms with Crippen LogP contribution in [0.4, 0.5) is 0 Å². The van der Waals surface area contributed by atoms with Gasteiger partial charge in [-0.2, -0.15) is 0 Å². The second-order valence-electron chi connectivity index (χ2n) is 3.91. The SMILES string of the molecule is C=COC(COCCOC(=O)C(=C)C)OC(C)C. The van der Waals surface area contributed by atoms with Gasteiger partial charge in [-0.25, -0.2) is 4.79 Å². The van der Waals surface area contributed by atoms with Crippen molar-refractivity contribution in [1.29, 1.82) is 0 Å². The minimum Gasteiger partial charge on any atom is -0.471 e. The van der Waals surface area contributed by atoms with Gasteiger partial charge >= 0.3 is 5.97 Å². The maximum absolute atomic E-state index is 11.0. The van der Waals surface area contributed by atoms with E-state index in [1.165, 1.54) is 6.26 Å². The number of carbonyl (C=O) groups is 1. The van der Waals surface area contributed by atoms with Crippen molar-refractivity contribution in [3.05, 3.63) is 25.0 Å². The van der Waals surface area contributed by atoms with Crippen LogP contribution in [0.15, 0.2) is 25.0 Å². The Hall–Kier alpha value is -1.33. The fourth-order valence-corrected chi connectivity index (χ4v) is 1.02. The second kappa shape index (κ2) is 9.67. The van der Waals surface area contributed by atoms with Crippen LogP contribution in [0.5, 0.6) is 0 Å². The van der Waals surface area contributed by atoms with Crippen molar-refractivity contribution < 1.29 is 23.7 Å². The lowest BCUT2D eigenvalue weighted by atomic mass is 10.4. The number of hydrogen-bond acceptors (Lipinski definition) is 5. The fraction of sp³-hybridized carbons (Fsp3) is 0.615. The van der Waals surface area contributed by atoms with Gasteiger partial charge in [0.05, 0.1) is 19.0 Å². The minimum absolute atomic E-state index is 0.0276. The standard InChI is InChI=1S/C13H22O5/c1-6-16-12(18-11(4)5)9-15-7-8-17-13(14)10(2)3/h6,11-12H,1-2,7-9H2,3-5H3. The highest BCUT2D eigenvalue weighted by Gasteiger charge is 2.11. The lowest BCUT2D eigenvalue weighted by Gasteiger charge is -2.19. The Morgan fingerprint density at radius 2 is 2.00 bits per heavy atom. The zero-order valence-electron chi connectivity index (χ0n) is 11.3. The van der Waals surface area contributed by atoms with E-state index in [0.29, 0.717) is 5.57 Å². The first-order valence-corrected chi connectivity index (χ1v) is 5.79. The van der Waals surface area contributed by atoms with Gasteiger partial charge in [0.2, 0.25) is 6.29 Å². The Bertz CT molecular complexity index is 273. The molecular weight excluding hydrogens is 236 g/mol. The fourth-order valence-electron chi connectivity index (χ4n) is 1.02. The number of esters is 1. The predicted molar refractivity (Wildman–Crippen MR) is 67.9 cm³/mol. The Morgan fingerprint density at radius 1 is 1.33 bits per heavy atom. The van der Waals surface area contributed by atoms with Crippen LogP contribution in [-0.2, 0) is 23.7 Å². The first kappa shape index (κ1) is 16.7. The molecule has 0 aromatic heterocycles. The molecule has 0 bridgehead atoms. The van der Waals surface area contributed by atoms with Crippen LogP contribution < -0.4 is 0 Å². The van der Waals surface area contributed by atoms with Gasteiger partial charge in [-0.15, -0.1) is 0 Å². The molecule has 1 unspecified atom stereocenters. The van der Waals surface area contributed by atoms with Crippen molar-refractivity contribution in [2.75, 3.05) is 19.8 Å². The Labute approximate surface area is 108 Å². The van der Waals surface area contributed by atoms with Crippen molar-refractivity contribution in [2.24, 2.45) is 0 Å². The molecule has 5 nitrogen and oxygen atoms in total. The molecule has 0 amide bonds. The van der Waals surface area contributed by atoms with Crippen LogP contribution in [0.1, 0.15) is 20.8 Å². The van der Waals surface area contributed by atoms with Gasteiger partial charge in [-0.1, -0.05) is 13.2 Å². The molecule has 18 heavy (non-hydrogen) atoms. The van der Waals surface area contributed by atoms with Gasteiger partial charge in [0.25, 0.3) is 0 Å². The summed E-state index contributed by atoms with van der Waals surface area (Å²) in [6.07, 6.45) is 0.830. The van der Waals surface area contributed by atoms with E-state index in [-0.39, 0.29) is 25.9 Å². The Balaban J connectivity index is 3.69. The van der Waals surface area contributed by atoms with Gasteiger partial charge in [-0.3, -0.25) is 0 Å². The summed E-state index contributed by atoms with van der Waals surface area (Å²) in [5, 5.41) is 0. The molecule has 0 aromatic carbocycles. The summed E-state index contributed by atoms with van der Waals surface area (Å²) < 4.78 is 20.7. The number of carbonyl (C=O) groups excluding carboxylic acids is 1. The predicted octanol–water partition coefficient (Wildman–Crippen LogP) is 2.03. The maximum atomic E-state index is 11.0. The van der Waals surface area contributed by atoms with Gasteiger partial charge in [0, 0.05) is 5.57 Å². The average Bonchev–Trinajstić information content (AvgIpc) is 2.27. The van der Waals surface area contributed by atoms with Gasteiger partial charge in [-0.05, 0) is 20.8 Å². The summed E-state index contributed by atoms with van der Waals surface area (Å²) in [5.74, 6) is -0.420. The molecule has 104 valence electrons. The molecule has 1 atom stereocenters. The summed E-state index contributed by atoms with van der Waals surface area (Å²) in [5.41, 5.74) is 0.367. The van der Waals surface area contributed by atoms with Crippen molar-refractivity contribution in [2.45, 2.75) is 33.2 Å². The van der Waals surface area contributed by atoms with E-state index < -0.39 is 12.3 Å². The largest absolute Gasteiger partial charge is 0.471 e. The topological polar surface area (TPSA) is 54.0 Å². The normalized spacial score (nSPS) is 12.0. The molecule has 0 fully saturated rings. The molecule has 0 heterocycles. The van der Waals surface area contributed by atoms with Crippen LogP contribution in [0.2, 0.25) is 0 Å². The van der Waals surface area contributed by atoms with Gasteiger partial charge < -0.3 is 18.9 Å². The van der Waals surface area contributed by atoms with Crippen LogP contribution in [0.25, 0.3) is 0 Å². The Kier molecular flexibility index (Phi) is 8.96. The van der Waals surface area contributed by atoms with Crippen LogP contribution in [0, 0.1) is 0 Å². The first-order chi connectivity index (χ1) is 8.47. The number of hydrogen-bond donors (Lipinski definition) is 0. The lowest BCUT2D eigenvalue weighted by Crippen LogP contribution is -2.26. The van der Waals surface area contributed by atoms with Gasteiger partial charge in [0.15, 0.2) is 0 Å². The van der Waals surface area contributed by atoms with E-state index in [2.05, 4.69) is 13.2 Å². The Morgan fingerprint density at radius 3 is 2.50 bits per heavy atom. The highest BCUT2D eigenvalue weighted by atomic mass is 16.7. The summed E-state index contributed by atoms with van der Waals surface area (Å²) in [4.78, 5) is 11.0. The van der Waals surface area contributed by atoms with E-state index in [9.17, 15) is 4.79 Å².